The molecule has 27 heavy (non-hydrogen) atoms. The molecule has 3 fully saturated rings. The van der Waals surface area contributed by atoms with Crippen LogP contribution in [-0.4, -0.2) is 42.4 Å². The quantitative estimate of drug-likeness (QED) is 0.766. The maximum atomic E-state index is 13.9. The van der Waals surface area contributed by atoms with Gasteiger partial charge in [0, 0.05) is 44.1 Å². The van der Waals surface area contributed by atoms with Gasteiger partial charge in [-0.1, -0.05) is 18.4 Å². The summed E-state index contributed by atoms with van der Waals surface area (Å²) in [6, 6.07) is 2.99. The van der Waals surface area contributed by atoms with Crippen molar-refractivity contribution in [3.8, 4) is 0 Å². The van der Waals surface area contributed by atoms with Crippen molar-refractivity contribution in [3.05, 3.63) is 40.3 Å². The van der Waals surface area contributed by atoms with Crippen molar-refractivity contribution < 1.29 is 9.18 Å². The number of benzene rings is 1. The smallest absolute Gasteiger partial charge is 0.211 e. The zero-order valence-electron chi connectivity index (χ0n) is 16.3. The Morgan fingerprint density at radius 2 is 1.89 bits per heavy atom. The van der Waals surface area contributed by atoms with Crippen molar-refractivity contribution in [2.45, 2.75) is 52.0 Å². The van der Waals surface area contributed by atoms with Gasteiger partial charge in [0.15, 0.2) is 0 Å². The van der Waals surface area contributed by atoms with E-state index < -0.39 is 0 Å². The van der Waals surface area contributed by atoms with E-state index in [9.17, 15) is 9.18 Å². The van der Waals surface area contributed by atoms with Crippen LogP contribution in [0.25, 0.3) is 0 Å². The van der Waals surface area contributed by atoms with Gasteiger partial charge in [0.2, 0.25) is 6.41 Å². The van der Waals surface area contributed by atoms with E-state index >= 15 is 0 Å². The van der Waals surface area contributed by atoms with Crippen LogP contribution in [0.5, 0.6) is 0 Å². The van der Waals surface area contributed by atoms with Gasteiger partial charge >= 0.3 is 0 Å². The number of carbonyl (C=O) groups excluding carboxylic acids is 1. The summed E-state index contributed by atoms with van der Waals surface area (Å²) in [7, 11) is 0. The molecule has 0 aromatic heterocycles. The van der Waals surface area contributed by atoms with Crippen LogP contribution in [0.2, 0.25) is 0 Å². The lowest BCUT2D eigenvalue weighted by Gasteiger charge is -2.39. The fraction of sp³-hybridized carbons (Fsp3) is 0.591. The molecule has 4 nitrogen and oxygen atoms in total. The minimum absolute atomic E-state index is 0.291. The average Bonchev–Trinajstić information content (AvgIpc) is 3.34. The first-order valence-electron chi connectivity index (χ1n) is 10.3. The van der Waals surface area contributed by atoms with Crippen molar-refractivity contribution in [1.82, 2.24) is 9.80 Å². The number of nitrogens with one attached hydrogen (secondary N) is 1. The van der Waals surface area contributed by atoms with Crippen LogP contribution in [0.15, 0.2) is 23.4 Å². The Hall–Kier alpha value is -1.88. The summed E-state index contributed by atoms with van der Waals surface area (Å²) in [5.41, 5.74) is 5.88. The molecular formula is C22H30FN3O. The molecule has 1 aromatic carbocycles. The van der Waals surface area contributed by atoms with E-state index in [-0.39, 0.29) is 5.82 Å². The molecule has 0 radical (unpaired) electrons. The molecule has 1 aromatic rings. The second-order valence-corrected chi connectivity index (χ2v) is 8.23. The summed E-state index contributed by atoms with van der Waals surface area (Å²) in [4.78, 5) is 15.8. The number of hydrogen-bond acceptors (Lipinski definition) is 3. The number of carbonyl (C=O) groups is 1. The van der Waals surface area contributed by atoms with Crippen LogP contribution in [-0.2, 0) is 11.3 Å². The molecule has 1 aliphatic heterocycles. The first kappa shape index (κ1) is 18.5. The molecule has 146 valence electrons. The number of amides is 1. The van der Waals surface area contributed by atoms with E-state index in [4.69, 9.17) is 0 Å². The highest BCUT2D eigenvalue weighted by molar-refractivity contribution is 5.74. The third-order valence-corrected chi connectivity index (χ3v) is 6.41. The lowest BCUT2D eigenvalue weighted by Crippen LogP contribution is -2.46. The first-order valence-corrected chi connectivity index (χ1v) is 10.3. The Labute approximate surface area is 161 Å². The first-order chi connectivity index (χ1) is 13.2. The van der Waals surface area contributed by atoms with Gasteiger partial charge in [-0.2, -0.15) is 0 Å². The highest BCUT2D eigenvalue weighted by atomic mass is 19.1. The monoisotopic (exact) mass is 371 g/mol. The van der Waals surface area contributed by atoms with E-state index in [2.05, 4.69) is 15.1 Å². The molecule has 0 atom stereocenters. The van der Waals surface area contributed by atoms with Gasteiger partial charge in [-0.05, 0) is 61.8 Å². The van der Waals surface area contributed by atoms with Gasteiger partial charge < -0.3 is 10.2 Å². The largest absolute Gasteiger partial charge is 0.372 e. The number of rotatable bonds is 6. The molecule has 2 aliphatic carbocycles. The lowest BCUT2D eigenvalue weighted by molar-refractivity contribution is -0.105. The molecule has 3 aliphatic rings. The van der Waals surface area contributed by atoms with Crippen molar-refractivity contribution in [2.24, 2.45) is 5.92 Å². The SMILES string of the molecule is Cc1c(CN2CCN(C(=C3CC3)C3CCCC3)CC2)cc(F)cc1NC=O. The molecule has 1 amide bonds. The minimum Gasteiger partial charge on any atom is -0.372 e. The summed E-state index contributed by atoms with van der Waals surface area (Å²) in [6.07, 6.45) is 8.74. The van der Waals surface area contributed by atoms with E-state index in [1.165, 1.54) is 44.6 Å². The van der Waals surface area contributed by atoms with Gasteiger partial charge in [0.1, 0.15) is 5.82 Å². The number of allylic oxidation sites excluding steroid dienone is 2. The van der Waals surface area contributed by atoms with Crippen LogP contribution in [0.1, 0.15) is 49.7 Å². The van der Waals surface area contributed by atoms with Crippen LogP contribution < -0.4 is 5.32 Å². The van der Waals surface area contributed by atoms with Crippen molar-refractivity contribution in [3.63, 3.8) is 0 Å². The molecule has 1 heterocycles. The molecule has 2 saturated carbocycles. The maximum Gasteiger partial charge on any atom is 0.211 e. The second kappa shape index (κ2) is 8.01. The topological polar surface area (TPSA) is 35.6 Å². The van der Waals surface area contributed by atoms with Gasteiger partial charge in [0.05, 0.1) is 0 Å². The van der Waals surface area contributed by atoms with E-state index in [1.54, 1.807) is 17.3 Å². The second-order valence-electron chi connectivity index (χ2n) is 8.23. The summed E-state index contributed by atoms with van der Waals surface area (Å²) >= 11 is 0. The van der Waals surface area contributed by atoms with Crippen LogP contribution in [0.3, 0.4) is 0 Å². The minimum atomic E-state index is -0.291. The predicted octanol–water partition coefficient (Wildman–Crippen LogP) is 4.06. The Kier molecular flexibility index (Phi) is 5.48. The molecule has 0 bridgehead atoms. The number of nitrogens with zero attached hydrogens (tertiary/aromatic N) is 2. The van der Waals surface area contributed by atoms with E-state index in [1.807, 2.05) is 6.92 Å². The predicted molar refractivity (Wildman–Crippen MR) is 106 cm³/mol. The van der Waals surface area contributed by atoms with E-state index in [0.717, 1.165) is 49.8 Å². The third-order valence-electron chi connectivity index (χ3n) is 6.41. The van der Waals surface area contributed by atoms with Gasteiger partial charge in [-0.15, -0.1) is 0 Å². The van der Waals surface area contributed by atoms with Crippen LogP contribution in [0.4, 0.5) is 10.1 Å². The Bertz CT molecular complexity index is 725. The van der Waals surface area contributed by atoms with Gasteiger partial charge in [0.25, 0.3) is 0 Å². The van der Waals surface area contributed by atoms with Gasteiger partial charge in [-0.3, -0.25) is 9.69 Å². The van der Waals surface area contributed by atoms with Crippen molar-refractivity contribution >= 4 is 12.1 Å². The fourth-order valence-corrected chi connectivity index (χ4v) is 4.79. The normalized spacial score (nSPS) is 20.8. The highest BCUT2D eigenvalue weighted by Gasteiger charge is 2.32. The average molecular weight is 372 g/mol. The maximum absolute atomic E-state index is 13.9. The zero-order chi connectivity index (χ0) is 18.8. The molecule has 5 heteroatoms. The lowest BCUT2D eigenvalue weighted by atomic mass is 10.0. The van der Waals surface area contributed by atoms with Crippen LogP contribution in [0, 0.1) is 18.7 Å². The molecule has 0 unspecified atom stereocenters. The molecule has 4 rings (SSSR count). The number of piperazine rings is 1. The molecule has 0 spiro atoms. The number of hydrogen-bond donors (Lipinski definition) is 1. The summed E-state index contributed by atoms with van der Waals surface area (Å²) in [5.74, 6) is 0.511. The summed E-state index contributed by atoms with van der Waals surface area (Å²) in [5, 5.41) is 2.61. The Morgan fingerprint density at radius 1 is 1.19 bits per heavy atom. The van der Waals surface area contributed by atoms with Crippen LogP contribution >= 0.6 is 0 Å². The molecule has 1 saturated heterocycles. The highest BCUT2D eigenvalue weighted by Crippen LogP contribution is 2.42. The van der Waals surface area contributed by atoms with E-state index in [0.29, 0.717) is 12.1 Å². The molecular weight excluding hydrogens is 341 g/mol. The Morgan fingerprint density at radius 3 is 2.52 bits per heavy atom. The molecule has 1 N–H and O–H groups in total. The van der Waals surface area contributed by atoms with Crippen molar-refractivity contribution in [2.75, 3.05) is 31.5 Å². The fourth-order valence-electron chi connectivity index (χ4n) is 4.79. The standard InChI is InChI=1S/C22H30FN3O/c1-16-19(12-20(23)13-21(16)24-15-27)14-25-8-10-26(11-9-25)22(18-6-7-18)17-4-2-3-5-17/h12-13,15,17H,2-11,14H2,1H3,(H,24,27). The number of anilines is 1. The Balaban J connectivity index is 1.40. The zero-order valence-corrected chi connectivity index (χ0v) is 16.3. The number of halogens is 1. The summed E-state index contributed by atoms with van der Waals surface area (Å²) in [6.45, 7) is 6.85. The third kappa shape index (κ3) is 4.18. The van der Waals surface area contributed by atoms with Gasteiger partial charge in [-0.25, -0.2) is 4.39 Å². The van der Waals surface area contributed by atoms with Crippen molar-refractivity contribution in [1.29, 1.82) is 0 Å². The summed E-state index contributed by atoms with van der Waals surface area (Å²) < 4.78 is 13.9.